The third-order valence-corrected chi connectivity index (χ3v) is 5.02. The largest absolute Gasteiger partial charge is 0.213 e. The van der Waals surface area contributed by atoms with Gasteiger partial charge in [-0.3, -0.25) is 0 Å². The lowest BCUT2D eigenvalue weighted by Crippen LogP contribution is -2.37. The standard InChI is InChI=1S/C25H21ClN/c26-24-13-11-20(12-14-24)15-17-27-18-16-23(21-7-3-1-4-8-21)19-25(27)22-9-5-2-6-10-22/h1-14,16,18-19H,15,17H2/q+1. The van der Waals surface area contributed by atoms with E-state index in [2.05, 4.69) is 95.7 Å². The lowest BCUT2D eigenvalue weighted by molar-refractivity contribution is -0.685. The van der Waals surface area contributed by atoms with Crippen LogP contribution in [0, 0.1) is 0 Å². The molecule has 0 radical (unpaired) electrons. The third kappa shape index (κ3) is 4.27. The van der Waals surface area contributed by atoms with E-state index >= 15 is 0 Å². The summed E-state index contributed by atoms with van der Waals surface area (Å²) in [6.07, 6.45) is 3.16. The molecule has 0 aliphatic rings. The summed E-state index contributed by atoms with van der Waals surface area (Å²) in [7, 11) is 0. The number of hydrogen-bond acceptors (Lipinski definition) is 0. The maximum atomic E-state index is 6.00. The van der Waals surface area contributed by atoms with Crippen molar-refractivity contribution in [2.24, 2.45) is 0 Å². The van der Waals surface area contributed by atoms with Crippen LogP contribution in [0.3, 0.4) is 0 Å². The first-order valence-corrected chi connectivity index (χ1v) is 9.56. The predicted molar refractivity (Wildman–Crippen MR) is 113 cm³/mol. The van der Waals surface area contributed by atoms with Crippen molar-refractivity contribution < 1.29 is 4.57 Å². The molecule has 1 aromatic heterocycles. The summed E-state index contributed by atoms with van der Waals surface area (Å²) in [5, 5.41) is 0.781. The van der Waals surface area contributed by atoms with Crippen LogP contribution in [0.4, 0.5) is 0 Å². The summed E-state index contributed by atoms with van der Waals surface area (Å²) >= 11 is 6.00. The van der Waals surface area contributed by atoms with Gasteiger partial charge in [-0.2, -0.15) is 4.57 Å². The molecule has 0 bridgehead atoms. The molecule has 1 nitrogen and oxygen atoms in total. The Balaban J connectivity index is 1.68. The summed E-state index contributed by atoms with van der Waals surface area (Å²) in [6, 6.07) is 33.7. The van der Waals surface area contributed by atoms with Crippen LogP contribution in [0.1, 0.15) is 5.56 Å². The number of rotatable bonds is 5. The molecule has 1 heterocycles. The summed E-state index contributed by atoms with van der Waals surface area (Å²) in [5.74, 6) is 0. The van der Waals surface area contributed by atoms with Crippen molar-refractivity contribution in [1.82, 2.24) is 0 Å². The second-order valence-electron chi connectivity index (χ2n) is 6.60. The van der Waals surface area contributed by atoms with Gasteiger partial charge in [-0.1, -0.05) is 72.3 Å². The number of hydrogen-bond donors (Lipinski definition) is 0. The lowest BCUT2D eigenvalue weighted by Gasteiger charge is -2.08. The Kier molecular flexibility index (Phi) is 5.32. The van der Waals surface area contributed by atoms with Crippen LogP contribution < -0.4 is 4.57 Å². The van der Waals surface area contributed by atoms with Crippen molar-refractivity contribution in [1.29, 1.82) is 0 Å². The third-order valence-electron chi connectivity index (χ3n) is 4.77. The number of benzene rings is 3. The molecule has 0 fully saturated rings. The van der Waals surface area contributed by atoms with Gasteiger partial charge in [-0.15, -0.1) is 0 Å². The lowest BCUT2D eigenvalue weighted by atomic mass is 10.0. The molecule has 2 heteroatoms. The summed E-state index contributed by atoms with van der Waals surface area (Å²) in [5.41, 5.74) is 6.21. The van der Waals surface area contributed by atoms with E-state index in [1.807, 2.05) is 12.1 Å². The smallest absolute Gasteiger partial charge is 0.198 e. The average Bonchev–Trinajstić information content (AvgIpc) is 2.74. The fraction of sp³-hybridized carbons (Fsp3) is 0.0800. The molecule has 0 aliphatic carbocycles. The zero-order valence-electron chi connectivity index (χ0n) is 15.1. The Morgan fingerprint density at radius 1 is 0.630 bits per heavy atom. The van der Waals surface area contributed by atoms with E-state index in [-0.39, 0.29) is 0 Å². The molecule has 3 aromatic carbocycles. The van der Waals surface area contributed by atoms with Gasteiger partial charge in [0.15, 0.2) is 12.7 Å². The Hall–Kier alpha value is -2.90. The minimum Gasteiger partial charge on any atom is -0.198 e. The maximum Gasteiger partial charge on any atom is 0.213 e. The molecular weight excluding hydrogens is 350 g/mol. The minimum absolute atomic E-state index is 0.781. The molecule has 0 amide bonds. The molecule has 132 valence electrons. The average molecular weight is 371 g/mol. The molecular formula is C25H21ClN+. The Morgan fingerprint density at radius 2 is 1.26 bits per heavy atom. The van der Waals surface area contributed by atoms with E-state index in [1.165, 1.54) is 27.9 Å². The summed E-state index contributed by atoms with van der Waals surface area (Å²) < 4.78 is 2.33. The zero-order valence-corrected chi connectivity index (χ0v) is 15.8. The fourth-order valence-electron chi connectivity index (χ4n) is 3.29. The van der Waals surface area contributed by atoms with Crippen LogP contribution in [0.2, 0.25) is 5.02 Å². The van der Waals surface area contributed by atoms with Gasteiger partial charge in [0.1, 0.15) is 0 Å². The van der Waals surface area contributed by atoms with Gasteiger partial charge in [-0.25, -0.2) is 0 Å². The number of pyridine rings is 1. The summed E-state index contributed by atoms with van der Waals surface area (Å²) in [6.45, 7) is 0.918. The van der Waals surface area contributed by atoms with E-state index in [4.69, 9.17) is 11.6 Å². The molecule has 4 aromatic rings. The van der Waals surface area contributed by atoms with Crippen LogP contribution in [-0.4, -0.2) is 0 Å². The topological polar surface area (TPSA) is 3.88 Å². The van der Waals surface area contributed by atoms with Crippen molar-refractivity contribution in [2.75, 3.05) is 0 Å². The highest BCUT2D eigenvalue weighted by Crippen LogP contribution is 2.23. The van der Waals surface area contributed by atoms with Crippen LogP contribution in [0.5, 0.6) is 0 Å². The van der Waals surface area contributed by atoms with Crippen molar-refractivity contribution in [3.8, 4) is 22.4 Å². The molecule has 0 atom stereocenters. The second kappa shape index (κ2) is 8.20. The van der Waals surface area contributed by atoms with Gasteiger partial charge < -0.3 is 0 Å². The monoisotopic (exact) mass is 370 g/mol. The van der Waals surface area contributed by atoms with Crippen molar-refractivity contribution in [3.63, 3.8) is 0 Å². The van der Waals surface area contributed by atoms with E-state index in [9.17, 15) is 0 Å². The Morgan fingerprint density at radius 3 is 1.93 bits per heavy atom. The molecule has 0 N–H and O–H groups in total. The van der Waals surface area contributed by atoms with Crippen molar-refractivity contribution in [2.45, 2.75) is 13.0 Å². The Labute approximate surface area is 165 Å². The number of aryl methyl sites for hydroxylation is 2. The summed E-state index contributed by atoms with van der Waals surface area (Å²) in [4.78, 5) is 0. The van der Waals surface area contributed by atoms with Crippen LogP contribution in [0.15, 0.2) is 103 Å². The van der Waals surface area contributed by atoms with Gasteiger partial charge in [0.05, 0.1) is 0 Å². The second-order valence-corrected chi connectivity index (χ2v) is 7.04. The SMILES string of the molecule is Clc1ccc(CC[n+]2ccc(-c3ccccc3)cc2-c2ccccc2)cc1. The molecule has 0 saturated heterocycles. The minimum atomic E-state index is 0.781. The highest BCUT2D eigenvalue weighted by atomic mass is 35.5. The highest BCUT2D eigenvalue weighted by Gasteiger charge is 2.15. The van der Waals surface area contributed by atoms with Crippen LogP contribution in [0.25, 0.3) is 22.4 Å². The van der Waals surface area contributed by atoms with Gasteiger partial charge in [0.25, 0.3) is 0 Å². The highest BCUT2D eigenvalue weighted by molar-refractivity contribution is 6.30. The normalized spacial score (nSPS) is 10.7. The van der Waals surface area contributed by atoms with E-state index in [0.717, 1.165) is 18.0 Å². The first-order valence-electron chi connectivity index (χ1n) is 9.18. The molecule has 0 spiro atoms. The first kappa shape index (κ1) is 17.5. The molecule has 27 heavy (non-hydrogen) atoms. The van der Waals surface area contributed by atoms with Gasteiger partial charge in [0, 0.05) is 29.1 Å². The zero-order chi connectivity index (χ0) is 18.5. The number of aromatic nitrogens is 1. The maximum absolute atomic E-state index is 6.00. The predicted octanol–water partition coefficient (Wildman–Crippen LogP) is 6.20. The van der Waals surface area contributed by atoms with Crippen LogP contribution in [-0.2, 0) is 13.0 Å². The first-order chi connectivity index (χ1) is 13.3. The van der Waals surface area contributed by atoms with Gasteiger partial charge >= 0.3 is 0 Å². The van der Waals surface area contributed by atoms with E-state index < -0.39 is 0 Å². The van der Waals surface area contributed by atoms with Gasteiger partial charge in [0.2, 0.25) is 5.69 Å². The molecule has 0 unspecified atom stereocenters. The van der Waals surface area contributed by atoms with Crippen molar-refractivity contribution >= 4 is 11.6 Å². The quantitative estimate of drug-likeness (QED) is 0.368. The van der Waals surface area contributed by atoms with Crippen molar-refractivity contribution in [3.05, 3.63) is 114 Å². The number of halogens is 1. The van der Waals surface area contributed by atoms with E-state index in [0.29, 0.717) is 0 Å². The fourth-order valence-corrected chi connectivity index (χ4v) is 3.42. The Bertz CT molecular complexity index is 1010. The molecule has 4 rings (SSSR count). The van der Waals surface area contributed by atoms with Gasteiger partial charge in [-0.05, 0) is 41.0 Å². The van der Waals surface area contributed by atoms with Crippen LogP contribution >= 0.6 is 11.6 Å². The molecule has 0 aliphatic heterocycles. The van der Waals surface area contributed by atoms with E-state index in [1.54, 1.807) is 0 Å². The molecule has 0 saturated carbocycles. The number of nitrogens with zero attached hydrogens (tertiary/aromatic N) is 1.